The zero-order valence-corrected chi connectivity index (χ0v) is 13.1. The summed E-state index contributed by atoms with van der Waals surface area (Å²) >= 11 is 3.37. The minimum atomic E-state index is -0.0911. The second kappa shape index (κ2) is 7.71. The molecule has 2 heterocycles. The van der Waals surface area contributed by atoms with Crippen molar-refractivity contribution in [3.05, 3.63) is 22.3 Å². The van der Waals surface area contributed by atoms with Gasteiger partial charge < -0.3 is 14.8 Å². The monoisotopic (exact) mass is 342 g/mol. The fourth-order valence-corrected chi connectivity index (χ4v) is 2.19. The van der Waals surface area contributed by atoms with Crippen LogP contribution in [-0.2, 0) is 14.3 Å². The van der Waals surface area contributed by atoms with Crippen LogP contribution in [0, 0.1) is 6.92 Å². The van der Waals surface area contributed by atoms with E-state index >= 15 is 0 Å². The third kappa shape index (κ3) is 4.85. The fourth-order valence-electron chi connectivity index (χ4n) is 1.97. The molecule has 110 valence electrons. The molecule has 0 unspecified atom stereocenters. The Morgan fingerprint density at radius 2 is 2.50 bits per heavy atom. The van der Waals surface area contributed by atoms with Crippen molar-refractivity contribution in [3.63, 3.8) is 0 Å². The molecule has 0 spiro atoms. The highest BCUT2D eigenvalue weighted by molar-refractivity contribution is 9.10. The van der Waals surface area contributed by atoms with Gasteiger partial charge in [0.1, 0.15) is 5.82 Å². The number of aromatic nitrogens is 1. The molecule has 0 radical (unpaired) electrons. The molecular formula is C14H19BrN2O3. The standard InChI is InChI=1S/C14H19BrN2O3/c1-10-7-13(16-8-12(10)15)17-14(18)4-6-19-9-11-3-2-5-20-11/h7-8,11H,2-6,9H2,1H3,(H,16,17,18)/t11-/m1/s1. The Labute approximate surface area is 127 Å². The van der Waals surface area contributed by atoms with E-state index in [-0.39, 0.29) is 12.0 Å². The molecule has 1 fully saturated rings. The second-order valence-electron chi connectivity index (χ2n) is 4.83. The van der Waals surface area contributed by atoms with Gasteiger partial charge in [0.05, 0.1) is 25.7 Å². The molecule has 2 rings (SSSR count). The van der Waals surface area contributed by atoms with Gasteiger partial charge in [0.15, 0.2) is 0 Å². The van der Waals surface area contributed by atoms with Crippen molar-refractivity contribution in [2.75, 3.05) is 25.1 Å². The van der Waals surface area contributed by atoms with Crippen LogP contribution in [0.4, 0.5) is 5.82 Å². The van der Waals surface area contributed by atoms with E-state index < -0.39 is 0 Å². The van der Waals surface area contributed by atoms with Gasteiger partial charge in [-0.25, -0.2) is 4.98 Å². The van der Waals surface area contributed by atoms with Gasteiger partial charge in [0.2, 0.25) is 5.91 Å². The molecule has 5 nitrogen and oxygen atoms in total. The summed E-state index contributed by atoms with van der Waals surface area (Å²) in [4.78, 5) is 15.9. The van der Waals surface area contributed by atoms with Crippen LogP contribution in [0.2, 0.25) is 0 Å². The first-order valence-corrected chi connectivity index (χ1v) is 7.56. The van der Waals surface area contributed by atoms with Crippen molar-refractivity contribution < 1.29 is 14.3 Å². The minimum Gasteiger partial charge on any atom is -0.378 e. The molecule has 1 amide bonds. The van der Waals surface area contributed by atoms with E-state index in [9.17, 15) is 4.79 Å². The summed E-state index contributed by atoms with van der Waals surface area (Å²) in [6, 6.07) is 1.83. The quantitative estimate of drug-likeness (QED) is 0.807. The summed E-state index contributed by atoms with van der Waals surface area (Å²) in [5.74, 6) is 0.474. The van der Waals surface area contributed by atoms with Gasteiger partial charge in [-0.1, -0.05) is 0 Å². The van der Waals surface area contributed by atoms with Crippen LogP contribution in [0.1, 0.15) is 24.8 Å². The van der Waals surface area contributed by atoms with Gasteiger partial charge >= 0.3 is 0 Å². The molecule has 1 aliphatic heterocycles. The molecular weight excluding hydrogens is 324 g/mol. The Morgan fingerprint density at radius 1 is 1.65 bits per heavy atom. The Hall–Kier alpha value is -0.980. The number of hydrogen-bond donors (Lipinski definition) is 1. The number of nitrogens with zero attached hydrogens (tertiary/aromatic N) is 1. The van der Waals surface area contributed by atoms with Gasteiger partial charge in [-0.05, 0) is 47.3 Å². The molecule has 1 aromatic rings. The smallest absolute Gasteiger partial charge is 0.227 e. The summed E-state index contributed by atoms with van der Waals surface area (Å²) < 4.78 is 11.8. The lowest BCUT2D eigenvalue weighted by Crippen LogP contribution is -2.18. The number of nitrogens with one attached hydrogen (secondary N) is 1. The predicted molar refractivity (Wildman–Crippen MR) is 79.7 cm³/mol. The molecule has 20 heavy (non-hydrogen) atoms. The number of carbonyl (C=O) groups excluding carboxylic acids is 1. The van der Waals surface area contributed by atoms with Crippen LogP contribution < -0.4 is 5.32 Å². The maximum absolute atomic E-state index is 11.7. The van der Waals surface area contributed by atoms with Crippen LogP contribution in [0.5, 0.6) is 0 Å². The summed E-state index contributed by atoms with van der Waals surface area (Å²) in [5, 5.41) is 2.76. The average molecular weight is 343 g/mol. The number of amides is 1. The fraction of sp³-hybridized carbons (Fsp3) is 0.571. The number of aryl methyl sites for hydroxylation is 1. The third-order valence-electron chi connectivity index (χ3n) is 3.12. The first-order chi connectivity index (χ1) is 9.65. The maximum Gasteiger partial charge on any atom is 0.227 e. The molecule has 0 aliphatic carbocycles. The Morgan fingerprint density at radius 3 is 3.20 bits per heavy atom. The van der Waals surface area contributed by atoms with Gasteiger partial charge in [-0.15, -0.1) is 0 Å². The van der Waals surface area contributed by atoms with Crippen LogP contribution >= 0.6 is 15.9 Å². The molecule has 1 N–H and O–H groups in total. The van der Waals surface area contributed by atoms with Crippen molar-refractivity contribution in [1.82, 2.24) is 4.98 Å². The van der Waals surface area contributed by atoms with E-state index in [4.69, 9.17) is 9.47 Å². The van der Waals surface area contributed by atoms with Crippen molar-refractivity contribution in [1.29, 1.82) is 0 Å². The van der Waals surface area contributed by atoms with Gasteiger partial charge in [0.25, 0.3) is 0 Å². The summed E-state index contributed by atoms with van der Waals surface area (Å²) in [5.41, 5.74) is 1.03. The average Bonchev–Trinajstić information content (AvgIpc) is 2.92. The largest absolute Gasteiger partial charge is 0.378 e. The number of pyridine rings is 1. The number of ether oxygens (including phenoxy) is 2. The highest BCUT2D eigenvalue weighted by Gasteiger charge is 2.15. The van der Waals surface area contributed by atoms with E-state index in [1.165, 1.54) is 0 Å². The zero-order chi connectivity index (χ0) is 14.4. The van der Waals surface area contributed by atoms with Crippen LogP contribution in [0.25, 0.3) is 0 Å². The normalized spacial score (nSPS) is 18.2. The molecule has 1 aliphatic rings. The van der Waals surface area contributed by atoms with Crippen molar-refractivity contribution in [2.45, 2.75) is 32.3 Å². The predicted octanol–water partition coefficient (Wildman–Crippen LogP) is 2.68. The summed E-state index contributed by atoms with van der Waals surface area (Å²) in [6.45, 7) is 3.75. The highest BCUT2D eigenvalue weighted by atomic mass is 79.9. The number of rotatable bonds is 6. The van der Waals surface area contributed by atoms with E-state index in [1.807, 2.05) is 13.0 Å². The van der Waals surface area contributed by atoms with Crippen LogP contribution in [0.15, 0.2) is 16.7 Å². The molecule has 0 saturated carbocycles. The zero-order valence-electron chi connectivity index (χ0n) is 11.5. The van der Waals surface area contributed by atoms with Gasteiger partial charge in [-0.2, -0.15) is 0 Å². The number of halogens is 1. The molecule has 0 bridgehead atoms. The van der Waals surface area contributed by atoms with E-state index in [1.54, 1.807) is 6.20 Å². The Balaban J connectivity index is 1.65. The van der Waals surface area contributed by atoms with E-state index in [0.717, 1.165) is 29.5 Å². The van der Waals surface area contributed by atoms with E-state index in [2.05, 4.69) is 26.2 Å². The van der Waals surface area contributed by atoms with Crippen molar-refractivity contribution in [3.8, 4) is 0 Å². The Kier molecular flexibility index (Phi) is 5.94. The lowest BCUT2D eigenvalue weighted by atomic mass is 10.2. The van der Waals surface area contributed by atoms with Gasteiger partial charge in [-0.3, -0.25) is 4.79 Å². The molecule has 6 heteroatoms. The molecule has 1 saturated heterocycles. The highest BCUT2D eigenvalue weighted by Crippen LogP contribution is 2.17. The molecule has 0 aromatic carbocycles. The number of anilines is 1. The third-order valence-corrected chi connectivity index (χ3v) is 3.95. The first-order valence-electron chi connectivity index (χ1n) is 6.76. The second-order valence-corrected chi connectivity index (χ2v) is 5.68. The van der Waals surface area contributed by atoms with Crippen molar-refractivity contribution >= 4 is 27.7 Å². The lowest BCUT2D eigenvalue weighted by Gasteiger charge is -2.10. The number of hydrogen-bond acceptors (Lipinski definition) is 4. The Bertz CT molecular complexity index is 462. The summed E-state index contributed by atoms with van der Waals surface area (Å²) in [7, 11) is 0. The first kappa shape index (κ1) is 15.4. The van der Waals surface area contributed by atoms with Crippen LogP contribution in [0.3, 0.4) is 0 Å². The SMILES string of the molecule is Cc1cc(NC(=O)CCOC[C@H]2CCCO2)ncc1Br. The topological polar surface area (TPSA) is 60.5 Å². The minimum absolute atomic E-state index is 0.0911. The molecule has 1 atom stereocenters. The van der Waals surface area contributed by atoms with Gasteiger partial charge in [0, 0.05) is 17.3 Å². The van der Waals surface area contributed by atoms with E-state index in [0.29, 0.717) is 25.5 Å². The maximum atomic E-state index is 11.7. The van der Waals surface area contributed by atoms with Crippen LogP contribution in [-0.4, -0.2) is 36.8 Å². The number of carbonyl (C=O) groups is 1. The lowest BCUT2D eigenvalue weighted by molar-refractivity contribution is -0.117. The summed E-state index contributed by atoms with van der Waals surface area (Å²) in [6.07, 6.45) is 4.36. The van der Waals surface area contributed by atoms with Crippen molar-refractivity contribution in [2.24, 2.45) is 0 Å². The molecule has 1 aromatic heterocycles.